The molecule has 0 aliphatic carbocycles. The van der Waals surface area contributed by atoms with Gasteiger partial charge in [-0.3, -0.25) is 9.80 Å². The molecule has 4 aromatic rings. The minimum absolute atomic E-state index is 0.159. The Balaban J connectivity index is 1.28. The Hall–Kier alpha value is -3.02. The van der Waals surface area contributed by atoms with Gasteiger partial charge < -0.3 is 4.57 Å². The van der Waals surface area contributed by atoms with Crippen LogP contribution < -0.4 is 0 Å². The largest absolute Gasteiger partial charge is 0.322 e. The minimum Gasteiger partial charge on any atom is -0.322 e. The van der Waals surface area contributed by atoms with Gasteiger partial charge in [0.15, 0.2) is 0 Å². The Morgan fingerprint density at radius 1 is 0.677 bits per heavy atom. The maximum Gasteiger partial charge on any atom is 0.124 e. The second kappa shape index (κ2) is 9.00. The zero-order valence-corrected chi connectivity index (χ0v) is 17.6. The molecule has 2 heterocycles. The first-order valence-electron chi connectivity index (χ1n) is 10.9. The Labute approximate surface area is 182 Å². The first-order valence-corrected chi connectivity index (χ1v) is 10.9. The van der Waals surface area contributed by atoms with Crippen LogP contribution in [0.25, 0.3) is 11.0 Å². The van der Waals surface area contributed by atoms with Crippen molar-refractivity contribution < 1.29 is 4.39 Å². The number of halogens is 1. The number of benzene rings is 3. The summed E-state index contributed by atoms with van der Waals surface area (Å²) in [6.45, 7) is 6.42. The van der Waals surface area contributed by atoms with Crippen LogP contribution in [-0.4, -0.2) is 45.5 Å². The van der Waals surface area contributed by atoms with Crippen molar-refractivity contribution in [3.05, 3.63) is 102 Å². The van der Waals surface area contributed by atoms with E-state index in [4.69, 9.17) is 4.98 Å². The molecule has 0 bridgehead atoms. The van der Waals surface area contributed by atoms with Gasteiger partial charge in [0, 0.05) is 39.3 Å². The summed E-state index contributed by atoms with van der Waals surface area (Å²) in [7, 11) is 0. The number of imidazole rings is 1. The first-order chi connectivity index (χ1) is 15.2. The molecule has 0 amide bonds. The van der Waals surface area contributed by atoms with Crippen LogP contribution in [0.15, 0.2) is 78.9 Å². The summed E-state index contributed by atoms with van der Waals surface area (Å²) in [6.07, 6.45) is 0. The molecule has 0 atom stereocenters. The van der Waals surface area contributed by atoms with Crippen molar-refractivity contribution in [2.45, 2.75) is 19.6 Å². The van der Waals surface area contributed by atoms with Gasteiger partial charge in [-0.15, -0.1) is 0 Å². The summed E-state index contributed by atoms with van der Waals surface area (Å²) in [5.41, 5.74) is 4.56. The number of fused-ring (bicyclic) bond motifs is 1. The third kappa shape index (κ3) is 4.68. The van der Waals surface area contributed by atoms with E-state index in [1.807, 2.05) is 6.07 Å². The van der Waals surface area contributed by atoms with E-state index in [1.165, 1.54) is 17.1 Å². The zero-order chi connectivity index (χ0) is 21.0. The average Bonchev–Trinajstić information content (AvgIpc) is 3.13. The molecule has 1 aromatic heterocycles. The van der Waals surface area contributed by atoms with E-state index in [1.54, 1.807) is 12.1 Å². The molecule has 0 saturated carbocycles. The fraction of sp³-hybridized carbons (Fsp3) is 0.269. The summed E-state index contributed by atoms with van der Waals surface area (Å²) < 4.78 is 15.8. The van der Waals surface area contributed by atoms with Gasteiger partial charge in [0.05, 0.1) is 17.6 Å². The molecule has 31 heavy (non-hydrogen) atoms. The van der Waals surface area contributed by atoms with Gasteiger partial charge in [-0.2, -0.15) is 0 Å². The van der Waals surface area contributed by atoms with E-state index >= 15 is 0 Å². The van der Waals surface area contributed by atoms with Gasteiger partial charge >= 0.3 is 0 Å². The minimum atomic E-state index is -0.159. The second-order valence-electron chi connectivity index (χ2n) is 8.27. The summed E-state index contributed by atoms with van der Waals surface area (Å²) in [6, 6.07) is 25.9. The number of piperazine rings is 1. The maximum absolute atomic E-state index is 13.5. The second-order valence-corrected chi connectivity index (χ2v) is 8.27. The van der Waals surface area contributed by atoms with Gasteiger partial charge in [0.25, 0.3) is 0 Å². The van der Waals surface area contributed by atoms with Gasteiger partial charge in [0.1, 0.15) is 11.6 Å². The van der Waals surface area contributed by atoms with Crippen molar-refractivity contribution in [3.63, 3.8) is 0 Å². The molecule has 1 aliphatic heterocycles. The van der Waals surface area contributed by atoms with E-state index < -0.39 is 0 Å². The molecular weight excluding hydrogens is 387 g/mol. The summed E-state index contributed by atoms with van der Waals surface area (Å²) in [4.78, 5) is 9.84. The third-order valence-corrected chi connectivity index (χ3v) is 6.04. The Bertz CT molecular complexity index is 1150. The van der Waals surface area contributed by atoms with Crippen LogP contribution in [0.2, 0.25) is 0 Å². The van der Waals surface area contributed by atoms with Crippen molar-refractivity contribution in [1.82, 2.24) is 19.4 Å². The number of para-hydroxylation sites is 2. The molecule has 158 valence electrons. The Morgan fingerprint density at radius 3 is 2.13 bits per heavy atom. The lowest BCUT2D eigenvalue weighted by atomic mass is 10.2. The van der Waals surface area contributed by atoms with E-state index in [2.05, 4.69) is 69.0 Å². The maximum atomic E-state index is 13.5. The predicted molar refractivity (Wildman–Crippen MR) is 122 cm³/mol. The van der Waals surface area contributed by atoms with Crippen LogP contribution in [0, 0.1) is 5.82 Å². The molecule has 3 aromatic carbocycles. The number of hydrogen-bond acceptors (Lipinski definition) is 3. The van der Waals surface area contributed by atoms with Crippen molar-refractivity contribution in [3.8, 4) is 0 Å². The van der Waals surface area contributed by atoms with E-state index in [0.29, 0.717) is 0 Å². The smallest absolute Gasteiger partial charge is 0.124 e. The topological polar surface area (TPSA) is 24.3 Å². The van der Waals surface area contributed by atoms with Gasteiger partial charge in [-0.25, -0.2) is 9.37 Å². The van der Waals surface area contributed by atoms with E-state index in [9.17, 15) is 4.39 Å². The highest BCUT2D eigenvalue weighted by Gasteiger charge is 2.20. The van der Waals surface area contributed by atoms with Crippen LogP contribution in [0.5, 0.6) is 0 Å². The zero-order valence-electron chi connectivity index (χ0n) is 17.6. The fourth-order valence-corrected chi connectivity index (χ4v) is 4.39. The molecule has 1 saturated heterocycles. The SMILES string of the molecule is Fc1cccc(CN2CCN(Cc3nc4ccccc4n3Cc3ccccc3)CC2)c1. The highest BCUT2D eigenvalue weighted by atomic mass is 19.1. The first kappa shape index (κ1) is 19.9. The molecule has 5 rings (SSSR count). The summed E-state index contributed by atoms with van der Waals surface area (Å²) >= 11 is 0. The van der Waals surface area contributed by atoms with Crippen LogP contribution in [0.3, 0.4) is 0 Å². The Kier molecular flexibility index (Phi) is 5.78. The molecule has 1 aliphatic rings. The summed E-state index contributed by atoms with van der Waals surface area (Å²) in [5.74, 6) is 0.956. The standard InChI is InChI=1S/C26H27FN4/c27-23-10-6-9-22(17-23)18-29-13-15-30(16-14-29)20-26-28-24-11-4-5-12-25(24)31(26)19-21-7-2-1-3-8-21/h1-12,17H,13-16,18-20H2. The molecular formula is C26H27FN4. The van der Waals surface area contributed by atoms with Crippen LogP contribution in [0.4, 0.5) is 4.39 Å². The van der Waals surface area contributed by atoms with Gasteiger partial charge in [-0.1, -0.05) is 54.6 Å². The number of nitrogens with zero attached hydrogens (tertiary/aromatic N) is 4. The predicted octanol–water partition coefficient (Wildman–Crippen LogP) is 4.54. The van der Waals surface area contributed by atoms with Crippen LogP contribution in [-0.2, 0) is 19.6 Å². The van der Waals surface area contributed by atoms with Crippen LogP contribution >= 0.6 is 0 Å². The number of aromatic nitrogens is 2. The molecule has 0 radical (unpaired) electrons. The van der Waals surface area contributed by atoms with Crippen molar-refractivity contribution >= 4 is 11.0 Å². The molecule has 0 unspecified atom stereocenters. The van der Waals surface area contributed by atoms with Crippen molar-refractivity contribution in [2.75, 3.05) is 26.2 Å². The molecule has 0 N–H and O–H groups in total. The number of hydrogen-bond donors (Lipinski definition) is 0. The Morgan fingerprint density at radius 2 is 1.35 bits per heavy atom. The van der Waals surface area contributed by atoms with Crippen molar-refractivity contribution in [2.24, 2.45) is 0 Å². The lowest BCUT2D eigenvalue weighted by Gasteiger charge is -2.34. The van der Waals surface area contributed by atoms with E-state index in [-0.39, 0.29) is 5.82 Å². The fourth-order valence-electron chi connectivity index (χ4n) is 4.39. The third-order valence-electron chi connectivity index (χ3n) is 6.04. The van der Waals surface area contributed by atoms with Gasteiger partial charge in [0.2, 0.25) is 0 Å². The van der Waals surface area contributed by atoms with Crippen molar-refractivity contribution in [1.29, 1.82) is 0 Å². The lowest BCUT2D eigenvalue weighted by Crippen LogP contribution is -2.45. The number of rotatable bonds is 6. The van der Waals surface area contributed by atoms with Gasteiger partial charge in [-0.05, 0) is 35.4 Å². The normalized spacial score (nSPS) is 15.5. The average molecular weight is 415 g/mol. The quantitative estimate of drug-likeness (QED) is 0.463. The highest BCUT2D eigenvalue weighted by Crippen LogP contribution is 2.20. The molecule has 1 fully saturated rings. The van der Waals surface area contributed by atoms with E-state index in [0.717, 1.165) is 62.7 Å². The lowest BCUT2D eigenvalue weighted by molar-refractivity contribution is 0.119. The highest BCUT2D eigenvalue weighted by molar-refractivity contribution is 5.76. The monoisotopic (exact) mass is 414 g/mol. The molecule has 4 nitrogen and oxygen atoms in total. The van der Waals surface area contributed by atoms with Crippen LogP contribution in [0.1, 0.15) is 17.0 Å². The summed E-state index contributed by atoms with van der Waals surface area (Å²) in [5, 5.41) is 0. The molecule has 0 spiro atoms. The molecule has 5 heteroatoms.